The van der Waals surface area contributed by atoms with E-state index in [2.05, 4.69) is 24.9 Å². The topological polar surface area (TPSA) is 38.5 Å². The Morgan fingerprint density at radius 1 is 1.33 bits per heavy atom. The maximum Gasteiger partial charge on any atom is 0.122 e. The van der Waals surface area contributed by atoms with Gasteiger partial charge >= 0.3 is 0 Å². The summed E-state index contributed by atoms with van der Waals surface area (Å²) in [5.74, 6) is 1.56. The fourth-order valence-corrected chi connectivity index (χ4v) is 2.50. The van der Waals surface area contributed by atoms with Crippen LogP contribution >= 0.6 is 0 Å². The predicted molar refractivity (Wildman–Crippen MR) is 74.9 cm³/mol. The molecular weight excluding hydrogens is 224 g/mol. The molecule has 0 amide bonds. The third-order valence-electron chi connectivity index (χ3n) is 3.89. The SMILES string of the molecule is Cc1ccccc1OCC(N)C1CCN(C)CC1. The van der Waals surface area contributed by atoms with E-state index < -0.39 is 0 Å². The van der Waals surface area contributed by atoms with Crippen molar-refractivity contribution in [1.82, 2.24) is 4.90 Å². The number of hydrogen-bond donors (Lipinski definition) is 1. The van der Waals surface area contributed by atoms with E-state index in [0.717, 1.165) is 18.8 Å². The average Bonchev–Trinajstić information content (AvgIpc) is 2.38. The molecule has 1 aromatic carbocycles. The summed E-state index contributed by atoms with van der Waals surface area (Å²) in [6, 6.07) is 8.26. The Kier molecular flexibility index (Phi) is 4.61. The summed E-state index contributed by atoms with van der Waals surface area (Å²) in [4.78, 5) is 2.37. The first-order valence-corrected chi connectivity index (χ1v) is 6.79. The zero-order chi connectivity index (χ0) is 13.0. The minimum absolute atomic E-state index is 0.151. The highest BCUT2D eigenvalue weighted by atomic mass is 16.5. The molecule has 1 atom stereocenters. The van der Waals surface area contributed by atoms with Crippen molar-refractivity contribution < 1.29 is 4.74 Å². The third-order valence-corrected chi connectivity index (χ3v) is 3.89. The smallest absolute Gasteiger partial charge is 0.122 e. The average molecular weight is 248 g/mol. The van der Waals surface area contributed by atoms with E-state index in [0.29, 0.717) is 12.5 Å². The lowest BCUT2D eigenvalue weighted by Gasteiger charge is -2.32. The van der Waals surface area contributed by atoms with Crippen molar-refractivity contribution in [3.05, 3.63) is 29.8 Å². The van der Waals surface area contributed by atoms with Gasteiger partial charge in [0, 0.05) is 6.04 Å². The predicted octanol–water partition coefficient (Wildman–Crippen LogP) is 2.04. The highest BCUT2D eigenvalue weighted by Gasteiger charge is 2.23. The van der Waals surface area contributed by atoms with Crippen molar-refractivity contribution in [2.75, 3.05) is 26.7 Å². The van der Waals surface area contributed by atoms with Crippen molar-refractivity contribution >= 4 is 0 Å². The van der Waals surface area contributed by atoms with Crippen molar-refractivity contribution in [2.24, 2.45) is 11.7 Å². The van der Waals surface area contributed by atoms with Crippen LogP contribution in [0.15, 0.2) is 24.3 Å². The first-order valence-electron chi connectivity index (χ1n) is 6.79. The van der Waals surface area contributed by atoms with E-state index >= 15 is 0 Å². The molecule has 1 unspecified atom stereocenters. The number of nitrogens with two attached hydrogens (primary N) is 1. The molecule has 0 aliphatic carbocycles. The lowest BCUT2D eigenvalue weighted by molar-refractivity contribution is 0.166. The van der Waals surface area contributed by atoms with E-state index in [4.69, 9.17) is 10.5 Å². The third kappa shape index (κ3) is 3.47. The monoisotopic (exact) mass is 248 g/mol. The van der Waals surface area contributed by atoms with Crippen molar-refractivity contribution in [3.8, 4) is 5.75 Å². The van der Waals surface area contributed by atoms with Crippen LogP contribution in [0.2, 0.25) is 0 Å². The molecule has 0 aromatic heterocycles. The fourth-order valence-electron chi connectivity index (χ4n) is 2.50. The minimum atomic E-state index is 0.151. The van der Waals surface area contributed by atoms with E-state index in [1.807, 2.05) is 18.2 Å². The van der Waals surface area contributed by atoms with E-state index in [1.54, 1.807) is 0 Å². The number of aryl methyl sites for hydroxylation is 1. The number of para-hydroxylation sites is 1. The van der Waals surface area contributed by atoms with Gasteiger partial charge in [-0.05, 0) is 57.5 Å². The van der Waals surface area contributed by atoms with Crippen LogP contribution in [0.3, 0.4) is 0 Å². The molecule has 2 N–H and O–H groups in total. The van der Waals surface area contributed by atoms with Gasteiger partial charge in [0.05, 0.1) is 0 Å². The van der Waals surface area contributed by atoms with Crippen molar-refractivity contribution in [2.45, 2.75) is 25.8 Å². The minimum Gasteiger partial charge on any atom is -0.492 e. The van der Waals surface area contributed by atoms with Crippen LogP contribution in [-0.2, 0) is 0 Å². The van der Waals surface area contributed by atoms with Gasteiger partial charge in [-0.15, -0.1) is 0 Å². The fraction of sp³-hybridized carbons (Fsp3) is 0.600. The van der Waals surface area contributed by atoms with Gasteiger partial charge in [0.25, 0.3) is 0 Å². The summed E-state index contributed by atoms with van der Waals surface area (Å²) in [5.41, 5.74) is 7.42. The first-order chi connectivity index (χ1) is 8.66. The Morgan fingerprint density at radius 2 is 2.00 bits per heavy atom. The van der Waals surface area contributed by atoms with Gasteiger partial charge in [0.2, 0.25) is 0 Å². The van der Waals surface area contributed by atoms with Crippen LogP contribution in [0.4, 0.5) is 0 Å². The van der Waals surface area contributed by atoms with E-state index in [1.165, 1.54) is 18.4 Å². The number of nitrogens with zero attached hydrogens (tertiary/aromatic N) is 1. The Bertz CT molecular complexity index is 373. The van der Waals surface area contributed by atoms with Crippen LogP contribution in [0.25, 0.3) is 0 Å². The quantitative estimate of drug-likeness (QED) is 0.886. The summed E-state index contributed by atoms with van der Waals surface area (Å²) < 4.78 is 5.84. The number of hydrogen-bond acceptors (Lipinski definition) is 3. The second-order valence-corrected chi connectivity index (χ2v) is 5.38. The highest BCUT2D eigenvalue weighted by Crippen LogP contribution is 2.21. The van der Waals surface area contributed by atoms with Gasteiger partial charge in [0.1, 0.15) is 12.4 Å². The Labute approximate surface area is 110 Å². The highest BCUT2D eigenvalue weighted by molar-refractivity contribution is 5.31. The summed E-state index contributed by atoms with van der Waals surface area (Å²) in [7, 11) is 2.17. The Balaban J connectivity index is 1.81. The van der Waals surface area contributed by atoms with Crippen LogP contribution in [-0.4, -0.2) is 37.7 Å². The van der Waals surface area contributed by atoms with Crippen LogP contribution in [0.1, 0.15) is 18.4 Å². The van der Waals surface area contributed by atoms with Crippen LogP contribution < -0.4 is 10.5 Å². The molecule has 0 bridgehead atoms. The largest absolute Gasteiger partial charge is 0.492 e. The maximum absolute atomic E-state index is 6.25. The number of benzene rings is 1. The molecule has 1 aliphatic heterocycles. The van der Waals surface area contributed by atoms with Gasteiger partial charge in [-0.3, -0.25) is 0 Å². The number of likely N-dealkylation sites (tertiary alicyclic amines) is 1. The van der Waals surface area contributed by atoms with E-state index in [9.17, 15) is 0 Å². The van der Waals surface area contributed by atoms with Crippen LogP contribution in [0, 0.1) is 12.8 Å². The molecule has 1 aliphatic rings. The summed E-state index contributed by atoms with van der Waals surface area (Å²) in [5, 5.41) is 0. The molecule has 1 fully saturated rings. The molecule has 1 aromatic rings. The lowest BCUT2D eigenvalue weighted by Crippen LogP contribution is -2.42. The Morgan fingerprint density at radius 3 is 2.67 bits per heavy atom. The van der Waals surface area contributed by atoms with Gasteiger partial charge in [0.15, 0.2) is 0 Å². The number of piperidine rings is 1. The standard InChI is InChI=1S/C15H24N2O/c1-12-5-3-4-6-15(12)18-11-14(16)13-7-9-17(2)10-8-13/h3-6,13-14H,7-11,16H2,1-2H3. The lowest BCUT2D eigenvalue weighted by atomic mass is 9.90. The van der Waals surface area contributed by atoms with Crippen molar-refractivity contribution in [1.29, 1.82) is 0 Å². The number of ether oxygens (including phenoxy) is 1. The summed E-state index contributed by atoms with van der Waals surface area (Å²) in [6.45, 7) is 5.00. The van der Waals surface area contributed by atoms with Gasteiger partial charge in [-0.25, -0.2) is 0 Å². The van der Waals surface area contributed by atoms with Gasteiger partial charge in [-0.1, -0.05) is 18.2 Å². The van der Waals surface area contributed by atoms with Gasteiger partial charge in [-0.2, -0.15) is 0 Å². The number of rotatable bonds is 4. The van der Waals surface area contributed by atoms with Crippen molar-refractivity contribution in [3.63, 3.8) is 0 Å². The molecule has 0 saturated carbocycles. The molecule has 3 nitrogen and oxygen atoms in total. The second kappa shape index (κ2) is 6.21. The summed E-state index contributed by atoms with van der Waals surface area (Å²) >= 11 is 0. The maximum atomic E-state index is 6.25. The molecule has 100 valence electrons. The van der Waals surface area contributed by atoms with E-state index in [-0.39, 0.29) is 6.04 Å². The molecule has 1 heterocycles. The summed E-state index contributed by atoms with van der Waals surface area (Å²) in [6.07, 6.45) is 2.38. The first kappa shape index (κ1) is 13.4. The molecule has 0 spiro atoms. The molecule has 2 rings (SSSR count). The molecule has 0 radical (unpaired) electrons. The molecular formula is C15H24N2O. The zero-order valence-corrected chi connectivity index (χ0v) is 11.4. The molecule has 3 heteroatoms. The second-order valence-electron chi connectivity index (χ2n) is 5.38. The molecule has 1 saturated heterocycles. The normalized spacial score (nSPS) is 19.7. The molecule has 18 heavy (non-hydrogen) atoms. The van der Waals surface area contributed by atoms with Crippen LogP contribution in [0.5, 0.6) is 5.75 Å². The zero-order valence-electron chi connectivity index (χ0n) is 11.4. The van der Waals surface area contributed by atoms with Gasteiger partial charge < -0.3 is 15.4 Å². The Hall–Kier alpha value is -1.06.